The minimum atomic E-state index is -0.364. The molecule has 2 heteroatoms. The summed E-state index contributed by atoms with van der Waals surface area (Å²) in [4.78, 5) is 0. The summed E-state index contributed by atoms with van der Waals surface area (Å²) in [6, 6.07) is 54.5. The van der Waals surface area contributed by atoms with Gasteiger partial charge in [0.05, 0.1) is 22.5 Å². The Morgan fingerprint density at radius 3 is 2.24 bits per heavy atom. The van der Waals surface area contributed by atoms with Crippen molar-refractivity contribution in [3.8, 4) is 22.3 Å². The molecule has 1 aromatic heterocycles. The van der Waals surface area contributed by atoms with Crippen LogP contribution < -0.4 is 5.01 Å². The van der Waals surface area contributed by atoms with Crippen molar-refractivity contribution in [2.75, 3.05) is 5.01 Å². The van der Waals surface area contributed by atoms with E-state index >= 15 is 0 Å². The SMILES string of the molecule is C1=CCCC(C2(c3ccccc3)c3ccccc3-c3c2ccc2c3c3ccccc3n2N2C(C3C=CC=CC3)=CC2c2cccc(-c3ccccc3)c2)=C1. The van der Waals surface area contributed by atoms with Crippen LogP contribution >= 0.6 is 0 Å². The maximum Gasteiger partial charge on any atom is 0.0958 e. The molecule has 4 aliphatic rings. The van der Waals surface area contributed by atoms with E-state index in [1.165, 1.54) is 77.6 Å². The summed E-state index contributed by atoms with van der Waals surface area (Å²) < 4.78 is 2.56. The van der Waals surface area contributed by atoms with Crippen molar-refractivity contribution in [3.63, 3.8) is 0 Å². The van der Waals surface area contributed by atoms with Gasteiger partial charge in [0.1, 0.15) is 0 Å². The van der Waals surface area contributed by atoms with E-state index in [0.717, 1.165) is 19.3 Å². The van der Waals surface area contributed by atoms with E-state index in [9.17, 15) is 0 Å². The first kappa shape index (κ1) is 31.2. The second-order valence-corrected chi connectivity index (χ2v) is 15.1. The predicted molar refractivity (Wildman–Crippen MR) is 225 cm³/mol. The first-order valence-electron chi connectivity index (χ1n) is 19.4. The van der Waals surface area contributed by atoms with Crippen molar-refractivity contribution in [2.45, 2.75) is 30.7 Å². The van der Waals surface area contributed by atoms with E-state index < -0.39 is 0 Å². The fourth-order valence-electron chi connectivity index (χ4n) is 9.97. The molecule has 7 aromatic rings. The third-order valence-corrected chi connectivity index (χ3v) is 12.3. The number of nitrogens with zero attached hydrogens (tertiary/aromatic N) is 2. The van der Waals surface area contributed by atoms with E-state index in [4.69, 9.17) is 0 Å². The standard InChI is InChI=1S/C52H40N2/c1-5-18-36(19-6-1)38-22-17-23-39(34-38)49-35-48(37-20-7-2-8-21-37)54(49)53-46-31-16-14-29-43(46)51-47(53)33-32-45-50(51)42-28-13-15-30-44(42)52(45,40-24-9-3-10-25-40)41-26-11-4-12-27-41/h1-11,13-20,22-26,28-35,37,49H,12,21,27H2. The number of hydrogen-bond donors (Lipinski definition) is 0. The highest BCUT2D eigenvalue weighted by atomic mass is 15.6. The Bertz CT molecular complexity index is 2760. The molecule has 0 radical (unpaired) electrons. The molecule has 54 heavy (non-hydrogen) atoms. The van der Waals surface area contributed by atoms with E-state index in [1.807, 2.05) is 0 Å². The maximum absolute atomic E-state index is 2.61. The van der Waals surface area contributed by atoms with Gasteiger partial charge in [0.25, 0.3) is 0 Å². The van der Waals surface area contributed by atoms with Gasteiger partial charge in [-0.3, -0.25) is 9.69 Å². The lowest BCUT2D eigenvalue weighted by Gasteiger charge is -2.46. The number of fused-ring (bicyclic) bond motifs is 7. The Morgan fingerprint density at radius 1 is 0.611 bits per heavy atom. The van der Waals surface area contributed by atoms with Crippen LogP contribution in [0.2, 0.25) is 0 Å². The largest absolute Gasteiger partial charge is 0.273 e. The Hall–Kier alpha value is -6.38. The van der Waals surface area contributed by atoms with Crippen LogP contribution in [0.3, 0.4) is 0 Å². The molecule has 3 atom stereocenters. The van der Waals surface area contributed by atoms with Crippen LogP contribution in [-0.4, -0.2) is 4.68 Å². The van der Waals surface area contributed by atoms with Crippen molar-refractivity contribution >= 4 is 21.8 Å². The van der Waals surface area contributed by atoms with Crippen LogP contribution in [0.15, 0.2) is 205 Å². The Balaban J connectivity index is 1.18. The number of hydrogen-bond acceptors (Lipinski definition) is 1. The summed E-state index contributed by atoms with van der Waals surface area (Å²) in [6.45, 7) is 0. The van der Waals surface area contributed by atoms with Crippen molar-refractivity contribution in [2.24, 2.45) is 5.92 Å². The summed E-state index contributed by atoms with van der Waals surface area (Å²) in [5.74, 6) is 0.312. The molecule has 0 saturated heterocycles. The molecule has 0 bridgehead atoms. The number of rotatable bonds is 6. The molecule has 0 amide bonds. The Morgan fingerprint density at radius 2 is 1.41 bits per heavy atom. The quantitative estimate of drug-likeness (QED) is 0.168. The summed E-state index contributed by atoms with van der Waals surface area (Å²) in [7, 11) is 0. The minimum absolute atomic E-state index is 0.0881. The fraction of sp³-hybridized carbons (Fsp3) is 0.115. The van der Waals surface area contributed by atoms with Gasteiger partial charge < -0.3 is 0 Å². The minimum Gasteiger partial charge on any atom is -0.273 e. The van der Waals surface area contributed by atoms with Gasteiger partial charge in [0, 0.05) is 22.4 Å². The van der Waals surface area contributed by atoms with Crippen LogP contribution in [0, 0.1) is 5.92 Å². The van der Waals surface area contributed by atoms with E-state index in [1.54, 1.807) is 0 Å². The molecule has 0 fully saturated rings. The highest BCUT2D eigenvalue weighted by molar-refractivity contribution is 6.18. The smallest absolute Gasteiger partial charge is 0.0958 e. The van der Waals surface area contributed by atoms with Gasteiger partial charge in [-0.25, -0.2) is 0 Å². The van der Waals surface area contributed by atoms with Crippen LogP contribution in [0.4, 0.5) is 0 Å². The second kappa shape index (κ2) is 12.4. The highest BCUT2D eigenvalue weighted by Gasteiger charge is 2.48. The molecule has 6 aromatic carbocycles. The number of aromatic nitrogens is 1. The highest BCUT2D eigenvalue weighted by Crippen LogP contribution is 2.60. The molecule has 0 N–H and O–H groups in total. The van der Waals surface area contributed by atoms with Gasteiger partial charge in [-0.15, -0.1) is 0 Å². The molecular formula is C52H40N2. The topological polar surface area (TPSA) is 8.17 Å². The predicted octanol–water partition coefficient (Wildman–Crippen LogP) is 12.8. The molecule has 2 heterocycles. The number of allylic oxidation sites excluding steroid dienone is 8. The van der Waals surface area contributed by atoms with Crippen molar-refractivity contribution < 1.29 is 0 Å². The van der Waals surface area contributed by atoms with E-state index in [-0.39, 0.29) is 11.5 Å². The summed E-state index contributed by atoms with van der Waals surface area (Å²) in [5.41, 5.74) is 15.5. The van der Waals surface area contributed by atoms with Gasteiger partial charge in [0.15, 0.2) is 0 Å². The van der Waals surface area contributed by atoms with E-state index in [2.05, 4.69) is 204 Å². The summed E-state index contributed by atoms with van der Waals surface area (Å²) in [6.07, 6.45) is 21.6. The third kappa shape index (κ3) is 4.47. The van der Waals surface area contributed by atoms with E-state index in [0.29, 0.717) is 5.92 Å². The van der Waals surface area contributed by atoms with Gasteiger partial charge in [-0.05, 0) is 88.0 Å². The van der Waals surface area contributed by atoms with Gasteiger partial charge in [-0.1, -0.05) is 175 Å². The van der Waals surface area contributed by atoms with Crippen LogP contribution in [0.25, 0.3) is 44.1 Å². The second-order valence-electron chi connectivity index (χ2n) is 15.1. The summed E-state index contributed by atoms with van der Waals surface area (Å²) in [5, 5.41) is 5.24. The zero-order chi connectivity index (χ0) is 35.6. The van der Waals surface area contributed by atoms with Crippen molar-refractivity contribution in [1.29, 1.82) is 0 Å². The molecule has 2 nitrogen and oxygen atoms in total. The van der Waals surface area contributed by atoms with Gasteiger partial charge in [0.2, 0.25) is 0 Å². The Kier molecular flexibility index (Phi) is 7.13. The average Bonchev–Trinajstić information content (AvgIpc) is 3.73. The van der Waals surface area contributed by atoms with Crippen molar-refractivity contribution in [1.82, 2.24) is 4.68 Å². The first-order valence-corrected chi connectivity index (χ1v) is 19.4. The average molecular weight is 693 g/mol. The molecule has 3 unspecified atom stereocenters. The fourth-order valence-corrected chi connectivity index (χ4v) is 9.97. The van der Waals surface area contributed by atoms with Gasteiger partial charge >= 0.3 is 0 Å². The lowest BCUT2D eigenvalue weighted by atomic mass is 9.65. The maximum atomic E-state index is 2.61. The molecule has 1 aliphatic heterocycles. The van der Waals surface area contributed by atoms with Crippen LogP contribution in [0.5, 0.6) is 0 Å². The molecule has 11 rings (SSSR count). The van der Waals surface area contributed by atoms with Crippen LogP contribution in [-0.2, 0) is 5.41 Å². The Labute approximate surface area is 317 Å². The molecular weight excluding hydrogens is 653 g/mol. The zero-order valence-corrected chi connectivity index (χ0v) is 30.1. The van der Waals surface area contributed by atoms with Gasteiger partial charge in [-0.2, -0.15) is 0 Å². The number of benzene rings is 6. The molecule has 0 spiro atoms. The molecule has 3 aliphatic carbocycles. The van der Waals surface area contributed by atoms with Crippen LogP contribution in [0.1, 0.15) is 47.6 Å². The zero-order valence-electron chi connectivity index (χ0n) is 30.1. The third-order valence-electron chi connectivity index (χ3n) is 12.3. The molecule has 258 valence electrons. The number of para-hydroxylation sites is 1. The monoisotopic (exact) mass is 692 g/mol. The lowest BCUT2D eigenvalue weighted by Crippen LogP contribution is -2.46. The molecule has 0 saturated carbocycles. The normalized spacial score (nSPS) is 21.1. The van der Waals surface area contributed by atoms with Crippen molar-refractivity contribution in [3.05, 3.63) is 228 Å². The first-order chi connectivity index (χ1) is 26.8. The summed E-state index contributed by atoms with van der Waals surface area (Å²) >= 11 is 0. The lowest BCUT2D eigenvalue weighted by molar-refractivity contribution is 0.511.